The van der Waals surface area contributed by atoms with E-state index in [4.69, 9.17) is 0 Å². The van der Waals surface area contributed by atoms with E-state index in [9.17, 15) is 8.42 Å². The molecule has 0 amide bonds. The molecule has 3 aromatic heterocycles. The van der Waals surface area contributed by atoms with Crippen molar-refractivity contribution in [1.29, 1.82) is 0 Å². The summed E-state index contributed by atoms with van der Waals surface area (Å²) in [4.78, 5) is 7.86. The van der Waals surface area contributed by atoms with Gasteiger partial charge in [0.1, 0.15) is 16.9 Å². The van der Waals surface area contributed by atoms with E-state index in [0.29, 0.717) is 26.8 Å². The first-order chi connectivity index (χ1) is 12.9. The van der Waals surface area contributed by atoms with E-state index in [2.05, 4.69) is 40.8 Å². The zero-order chi connectivity index (χ0) is 19.0. The summed E-state index contributed by atoms with van der Waals surface area (Å²) < 4.78 is 31.2. The lowest BCUT2D eigenvalue weighted by atomic mass is 10.3. The highest BCUT2D eigenvalue weighted by molar-refractivity contribution is 9.10. The van der Waals surface area contributed by atoms with Crippen molar-refractivity contribution in [3.8, 4) is 0 Å². The quantitative estimate of drug-likeness (QED) is 0.468. The van der Waals surface area contributed by atoms with Crippen LogP contribution < -0.4 is 4.72 Å². The molecule has 3 heterocycles. The molecule has 4 aromatic rings. The second-order valence-electron chi connectivity index (χ2n) is 5.62. The number of pyridine rings is 1. The highest BCUT2D eigenvalue weighted by Crippen LogP contribution is 2.35. The Labute approximate surface area is 167 Å². The number of rotatable bonds is 5. The molecule has 27 heavy (non-hydrogen) atoms. The number of hydrogen-bond donors (Lipinski definition) is 2. The highest BCUT2D eigenvalue weighted by atomic mass is 79.9. The third kappa shape index (κ3) is 3.57. The molecule has 0 bridgehead atoms. The van der Waals surface area contributed by atoms with Gasteiger partial charge in [0.2, 0.25) is 0 Å². The number of aromatic amines is 1. The summed E-state index contributed by atoms with van der Waals surface area (Å²) >= 11 is 4.71. The molecule has 138 valence electrons. The molecular weight excluding hydrogens is 452 g/mol. The van der Waals surface area contributed by atoms with Crippen LogP contribution in [0.25, 0.3) is 11.0 Å². The molecule has 0 radical (unpaired) electrons. The summed E-state index contributed by atoms with van der Waals surface area (Å²) in [5.41, 5.74) is 0.955. The number of sulfonamides is 1. The molecule has 0 aliphatic heterocycles. The van der Waals surface area contributed by atoms with Crippen molar-refractivity contribution in [3.63, 3.8) is 0 Å². The molecular formula is C16H13BrN6O2S2. The average molecular weight is 465 g/mol. The smallest absolute Gasteiger partial charge is 0.264 e. The predicted octanol–water partition coefficient (Wildman–Crippen LogP) is 3.41. The van der Waals surface area contributed by atoms with Crippen LogP contribution in [0, 0.1) is 0 Å². The Morgan fingerprint density at radius 3 is 2.93 bits per heavy atom. The number of aromatic nitrogens is 5. The minimum atomic E-state index is -3.82. The van der Waals surface area contributed by atoms with E-state index in [-0.39, 0.29) is 4.90 Å². The third-order valence-corrected chi connectivity index (χ3v) is 6.79. The fraction of sp³-hybridized carbons (Fsp3) is 0.0625. The van der Waals surface area contributed by atoms with E-state index in [1.165, 1.54) is 18.0 Å². The van der Waals surface area contributed by atoms with Crippen molar-refractivity contribution in [2.24, 2.45) is 7.05 Å². The number of anilines is 1. The molecule has 0 aliphatic carbocycles. The predicted molar refractivity (Wildman–Crippen MR) is 106 cm³/mol. The monoisotopic (exact) mass is 464 g/mol. The van der Waals surface area contributed by atoms with Gasteiger partial charge in [-0.2, -0.15) is 0 Å². The van der Waals surface area contributed by atoms with Crippen LogP contribution in [0.1, 0.15) is 0 Å². The number of nitrogens with zero attached hydrogens (tertiary/aromatic N) is 4. The molecule has 0 saturated heterocycles. The van der Waals surface area contributed by atoms with Crippen LogP contribution in [-0.2, 0) is 17.1 Å². The number of hydrogen-bond acceptors (Lipinski definition) is 6. The lowest BCUT2D eigenvalue weighted by molar-refractivity contribution is 0.602. The fourth-order valence-corrected chi connectivity index (χ4v) is 4.98. The van der Waals surface area contributed by atoms with Crippen LogP contribution in [0.3, 0.4) is 0 Å². The van der Waals surface area contributed by atoms with Gasteiger partial charge in [-0.25, -0.2) is 13.4 Å². The first-order valence-electron chi connectivity index (χ1n) is 7.70. The first kappa shape index (κ1) is 18.0. The second-order valence-corrected chi connectivity index (χ2v) is 9.20. The molecule has 0 atom stereocenters. The highest BCUT2D eigenvalue weighted by Gasteiger charge is 2.21. The molecule has 0 aliphatic rings. The van der Waals surface area contributed by atoms with Gasteiger partial charge in [0.05, 0.1) is 5.69 Å². The van der Waals surface area contributed by atoms with Gasteiger partial charge in [-0.05, 0) is 42.1 Å². The van der Waals surface area contributed by atoms with Gasteiger partial charge in [0.15, 0.2) is 5.16 Å². The Morgan fingerprint density at radius 1 is 1.30 bits per heavy atom. The Balaban J connectivity index is 1.73. The van der Waals surface area contributed by atoms with E-state index in [1.807, 2.05) is 19.2 Å². The van der Waals surface area contributed by atoms with E-state index in [1.54, 1.807) is 35.3 Å². The molecule has 8 nitrogen and oxygen atoms in total. The summed E-state index contributed by atoms with van der Waals surface area (Å²) in [5.74, 6) is 0. The van der Waals surface area contributed by atoms with Crippen molar-refractivity contribution in [1.82, 2.24) is 24.7 Å². The number of H-pyrrole nitrogens is 1. The Hall–Kier alpha value is -2.37. The largest absolute Gasteiger partial charge is 0.345 e. The number of benzene rings is 1. The third-order valence-electron chi connectivity index (χ3n) is 3.76. The average Bonchev–Trinajstić information content (AvgIpc) is 3.24. The fourth-order valence-electron chi connectivity index (χ4n) is 2.49. The lowest BCUT2D eigenvalue weighted by Crippen LogP contribution is -2.13. The van der Waals surface area contributed by atoms with Gasteiger partial charge < -0.3 is 9.55 Å². The summed E-state index contributed by atoms with van der Waals surface area (Å²) in [6.45, 7) is 0. The van der Waals surface area contributed by atoms with Gasteiger partial charge >= 0.3 is 0 Å². The van der Waals surface area contributed by atoms with Crippen LogP contribution in [0.4, 0.5) is 5.69 Å². The number of nitrogens with one attached hydrogen (secondary N) is 2. The van der Waals surface area contributed by atoms with Crippen molar-refractivity contribution in [2.45, 2.75) is 14.9 Å². The van der Waals surface area contributed by atoms with Crippen LogP contribution in [0.15, 0.2) is 68.5 Å². The zero-order valence-corrected chi connectivity index (χ0v) is 17.1. The van der Waals surface area contributed by atoms with Gasteiger partial charge in [-0.15, -0.1) is 10.2 Å². The molecule has 0 spiro atoms. The summed E-state index contributed by atoms with van der Waals surface area (Å²) in [5, 5.41) is 9.06. The summed E-state index contributed by atoms with van der Waals surface area (Å²) in [7, 11) is -2.00. The zero-order valence-electron chi connectivity index (χ0n) is 13.9. The molecule has 0 fully saturated rings. The molecule has 2 N–H and O–H groups in total. The molecule has 1 aromatic carbocycles. The van der Waals surface area contributed by atoms with Crippen LogP contribution in [0.2, 0.25) is 0 Å². The Morgan fingerprint density at radius 2 is 2.15 bits per heavy atom. The van der Waals surface area contributed by atoms with E-state index in [0.717, 1.165) is 4.47 Å². The van der Waals surface area contributed by atoms with Crippen LogP contribution >= 0.6 is 27.7 Å². The van der Waals surface area contributed by atoms with Crippen molar-refractivity contribution in [2.75, 3.05) is 4.72 Å². The first-order valence-corrected chi connectivity index (χ1v) is 10.8. The van der Waals surface area contributed by atoms with Crippen LogP contribution in [0.5, 0.6) is 0 Å². The van der Waals surface area contributed by atoms with Crippen LogP contribution in [-0.4, -0.2) is 33.2 Å². The Kier molecular flexibility index (Phi) is 4.66. The molecule has 4 rings (SSSR count). The van der Waals surface area contributed by atoms with Gasteiger partial charge in [-0.1, -0.05) is 15.9 Å². The van der Waals surface area contributed by atoms with Crippen molar-refractivity contribution in [3.05, 3.63) is 53.5 Å². The number of halogens is 1. The summed E-state index contributed by atoms with van der Waals surface area (Å²) in [6.07, 6.45) is 4.63. The number of fused-ring (bicyclic) bond motifs is 1. The normalized spacial score (nSPS) is 11.8. The SMILES string of the molecule is Cn1cnnc1Sc1ccc(Br)cc1NS(=O)(=O)c1c[nH]c2ncccc12. The molecule has 0 saturated carbocycles. The summed E-state index contributed by atoms with van der Waals surface area (Å²) in [6, 6.07) is 8.78. The maximum absolute atomic E-state index is 13.0. The second kappa shape index (κ2) is 6.98. The molecule has 11 heteroatoms. The van der Waals surface area contributed by atoms with Gasteiger partial charge in [0, 0.05) is 34.2 Å². The van der Waals surface area contributed by atoms with Crippen molar-refractivity contribution >= 4 is 54.4 Å². The standard InChI is InChI=1S/C16H13BrN6O2S2/c1-23-9-20-21-16(23)26-13-5-4-10(17)7-12(13)22-27(24,25)14-8-19-15-11(14)3-2-6-18-15/h2-9,22H,1H3,(H,18,19). The minimum Gasteiger partial charge on any atom is -0.345 e. The Bertz CT molecular complexity index is 1230. The van der Waals surface area contributed by atoms with Gasteiger partial charge in [-0.3, -0.25) is 4.72 Å². The van der Waals surface area contributed by atoms with Crippen molar-refractivity contribution < 1.29 is 8.42 Å². The van der Waals surface area contributed by atoms with Gasteiger partial charge in [0.25, 0.3) is 10.0 Å². The maximum atomic E-state index is 13.0. The number of aryl methyl sites for hydroxylation is 1. The van der Waals surface area contributed by atoms with E-state index < -0.39 is 10.0 Å². The minimum absolute atomic E-state index is 0.139. The topological polar surface area (TPSA) is 106 Å². The maximum Gasteiger partial charge on any atom is 0.264 e. The van der Waals surface area contributed by atoms with E-state index >= 15 is 0 Å². The lowest BCUT2D eigenvalue weighted by Gasteiger charge is -2.12. The molecule has 0 unspecified atom stereocenters.